The lowest BCUT2D eigenvalue weighted by atomic mass is 9.99. The van der Waals surface area contributed by atoms with Gasteiger partial charge in [-0.25, -0.2) is 0 Å². The molecule has 0 saturated carbocycles. The predicted molar refractivity (Wildman–Crippen MR) is 118 cm³/mol. The molecule has 1 aromatic carbocycles. The Morgan fingerprint density at radius 1 is 1.11 bits per heavy atom. The SMILES string of the molecule is O=C(Cc1ccc(Cl)c(Cl)c1)N1CCC2(C[C@H]1CN1CCCC1)SCCS2. The van der Waals surface area contributed by atoms with Crippen LogP contribution in [0.1, 0.15) is 31.2 Å². The van der Waals surface area contributed by atoms with E-state index in [0.717, 1.165) is 31.5 Å². The number of amides is 1. The van der Waals surface area contributed by atoms with Gasteiger partial charge >= 0.3 is 0 Å². The predicted octanol–water partition coefficient (Wildman–Crippen LogP) is 4.80. The number of thioether (sulfide) groups is 2. The molecule has 0 unspecified atom stereocenters. The molecular formula is C20H26Cl2N2OS2. The largest absolute Gasteiger partial charge is 0.338 e. The fraction of sp³-hybridized carbons (Fsp3) is 0.650. The molecule has 3 heterocycles. The second kappa shape index (κ2) is 8.74. The summed E-state index contributed by atoms with van der Waals surface area (Å²) in [4.78, 5) is 17.9. The summed E-state index contributed by atoms with van der Waals surface area (Å²) in [5.41, 5.74) is 0.944. The Morgan fingerprint density at radius 2 is 1.85 bits per heavy atom. The zero-order valence-electron chi connectivity index (χ0n) is 15.5. The summed E-state index contributed by atoms with van der Waals surface area (Å²) in [5, 5.41) is 1.06. The molecule has 3 aliphatic rings. The van der Waals surface area contributed by atoms with Crippen molar-refractivity contribution in [1.82, 2.24) is 9.80 Å². The van der Waals surface area contributed by atoms with Gasteiger partial charge in [0.25, 0.3) is 0 Å². The molecule has 1 spiro atoms. The fourth-order valence-electron chi connectivity index (χ4n) is 4.48. The van der Waals surface area contributed by atoms with E-state index in [1.807, 2.05) is 12.1 Å². The molecule has 0 N–H and O–H groups in total. The van der Waals surface area contributed by atoms with E-state index in [1.54, 1.807) is 6.07 Å². The number of carbonyl (C=O) groups excluding carboxylic acids is 1. The average Bonchev–Trinajstić information content (AvgIpc) is 3.31. The lowest BCUT2D eigenvalue weighted by Crippen LogP contribution is -2.54. The molecule has 0 aromatic heterocycles. The van der Waals surface area contributed by atoms with Crippen LogP contribution in [-0.4, -0.2) is 63.5 Å². The molecule has 3 nitrogen and oxygen atoms in total. The summed E-state index contributed by atoms with van der Waals surface area (Å²) in [6.45, 7) is 4.26. The number of halogens is 2. The number of piperidine rings is 1. The van der Waals surface area contributed by atoms with E-state index in [1.165, 1.54) is 37.4 Å². The van der Waals surface area contributed by atoms with Gasteiger partial charge in [0.1, 0.15) is 0 Å². The molecule has 7 heteroatoms. The van der Waals surface area contributed by atoms with E-state index >= 15 is 0 Å². The third-order valence-corrected chi connectivity index (χ3v) is 10.2. The maximum atomic E-state index is 13.2. The van der Waals surface area contributed by atoms with Gasteiger partial charge in [-0.2, -0.15) is 0 Å². The van der Waals surface area contributed by atoms with E-state index in [-0.39, 0.29) is 5.91 Å². The molecule has 1 atom stereocenters. The zero-order chi connectivity index (χ0) is 18.9. The number of hydrogen-bond acceptors (Lipinski definition) is 4. The highest BCUT2D eigenvalue weighted by Gasteiger charge is 2.44. The second-order valence-corrected chi connectivity index (χ2v) is 11.8. The third kappa shape index (κ3) is 4.75. The van der Waals surface area contributed by atoms with Crippen LogP contribution < -0.4 is 0 Å². The quantitative estimate of drug-likeness (QED) is 0.665. The maximum absolute atomic E-state index is 13.2. The maximum Gasteiger partial charge on any atom is 0.227 e. The standard InChI is InChI=1S/C20H26Cl2N2OS2/c21-17-4-3-15(11-18(17)22)12-19(25)24-8-5-20(26-9-10-27-20)13-16(24)14-23-6-1-2-7-23/h3-4,11,16H,1-2,5-10,12-14H2/t16-/m0/s1. The van der Waals surface area contributed by atoms with Crippen molar-refractivity contribution >= 4 is 52.6 Å². The minimum atomic E-state index is 0.223. The van der Waals surface area contributed by atoms with E-state index < -0.39 is 0 Å². The summed E-state index contributed by atoms with van der Waals surface area (Å²) in [7, 11) is 0. The monoisotopic (exact) mass is 444 g/mol. The normalized spacial score (nSPS) is 25.4. The van der Waals surface area contributed by atoms with Crippen molar-refractivity contribution in [1.29, 1.82) is 0 Å². The van der Waals surface area contributed by atoms with Crippen LogP contribution in [0.25, 0.3) is 0 Å². The molecule has 1 amide bonds. The van der Waals surface area contributed by atoms with Crippen LogP contribution >= 0.6 is 46.7 Å². The average molecular weight is 445 g/mol. The van der Waals surface area contributed by atoms with E-state index in [2.05, 4.69) is 33.3 Å². The Bertz CT molecular complexity index is 691. The van der Waals surface area contributed by atoms with Gasteiger partial charge in [-0.15, -0.1) is 23.5 Å². The summed E-state index contributed by atoms with van der Waals surface area (Å²) in [6.07, 6.45) is 5.20. The topological polar surface area (TPSA) is 23.6 Å². The van der Waals surface area contributed by atoms with Crippen molar-refractivity contribution in [2.24, 2.45) is 0 Å². The summed E-state index contributed by atoms with van der Waals surface area (Å²) in [6, 6.07) is 5.84. The Balaban J connectivity index is 1.47. The lowest BCUT2D eigenvalue weighted by Gasteiger charge is -2.45. The molecule has 3 saturated heterocycles. The van der Waals surface area contributed by atoms with Crippen LogP contribution in [0.3, 0.4) is 0 Å². The molecule has 27 heavy (non-hydrogen) atoms. The van der Waals surface area contributed by atoms with Crippen molar-refractivity contribution in [2.45, 2.75) is 42.2 Å². The van der Waals surface area contributed by atoms with Crippen molar-refractivity contribution in [3.05, 3.63) is 33.8 Å². The molecule has 1 aromatic rings. The lowest BCUT2D eigenvalue weighted by molar-refractivity contribution is -0.134. The number of likely N-dealkylation sites (tertiary alicyclic amines) is 2. The number of nitrogens with zero attached hydrogens (tertiary/aromatic N) is 2. The molecule has 0 bridgehead atoms. The van der Waals surface area contributed by atoms with Crippen molar-refractivity contribution in [3.8, 4) is 0 Å². The van der Waals surface area contributed by atoms with Crippen molar-refractivity contribution in [2.75, 3.05) is 37.7 Å². The Kier molecular flexibility index (Phi) is 6.55. The Morgan fingerprint density at radius 3 is 2.56 bits per heavy atom. The number of rotatable bonds is 4. The smallest absolute Gasteiger partial charge is 0.227 e. The van der Waals surface area contributed by atoms with Crippen LogP contribution in [0.15, 0.2) is 18.2 Å². The van der Waals surface area contributed by atoms with Gasteiger partial charge in [0.05, 0.1) is 20.5 Å². The van der Waals surface area contributed by atoms with Crippen LogP contribution in [0.4, 0.5) is 0 Å². The van der Waals surface area contributed by atoms with E-state index in [4.69, 9.17) is 23.2 Å². The van der Waals surface area contributed by atoms with Crippen LogP contribution in [0.5, 0.6) is 0 Å². The summed E-state index contributed by atoms with van der Waals surface area (Å²) < 4.78 is 0.338. The number of carbonyl (C=O) groups is 1. The zero-order valence-corrected chi connectivity index (χ0v) is 18.6. The van der Waals surface area contributed by atoms with Gasteiger partial charge in [-0.1, -0.05) is 29.3 Å². The Labute approximate surface area is 180 Å². The molecule has 0 aliphatic carbocycles. The third-order valence-electron chi connectivity index (χ3n) is 5.86. The van der Waals surface area contributed by atoms with Gasteiger partial charge in [-0.05, 0) is 56.5 Å². The van der Waals surface area contributed by atoms with Crippen molar-refractivity contribution in [3.63, 3.8) is 0 Å². The fourth-order valence-corrected chi connectivity index (χ4v) is 8.14. The van der Waals surface area contributed by atoms with Crippen LogP contribution in [0, 0.1) is 0 Å². The molecule has 3 fully saturated rings. The van der Waals surface area contributed by atoms with Gasteiger partial charge in [0, 0.05) is 30.6 Å². The summed E-state index contributed by atoms with van der Waals surface area (Å²) >= 11 is 16.4. The highest BCUT2D eigenvalue weighted by atomic mass is 35.5. The van der Waals surface area contributed by atoms with Crippen LogP contribution in [-0.2, 0) is 11.2 Å². The van der Waals surface area contributed by atoms with E-state index in [9.17, 15) is 4.79 Å². The summed E-state index contributed by atoms with van der Waals surface area (Å²) in [5.74, 6) is 2.72. The molecule has 4 rings (SSSR count). The van der Waals surface area contributed by atoms with Gasteiger partial charge in [0.2, 0.25) is 5.91 Å². The number of benzene rings is 1. The molecular weight excluding hydrogens is 419 g/mol. The highest BCUT2D eigenvalue weighted by Crippen LogP contribution is 2.52. The first kappa shape index (κ1) is 20.2. The van der Waals surface area contributed by atoms with Gasteiger partial charge < -0.3 is 9.80 Å². The molecule has 148 valence electrons. The van der Waals surface area contributed by atoms with Gasteiger partial charge in [0.15, 0.2) is 0 Å². The number of hydrogen-bond donors (Lipinski definition) is 0. The van der Waals surface area contributed by atoms with Crippen molar-refractivity contribution < 1.29 is 4.79 Å². The second-order valence-electron chi connectivity index (χ2n) is 7.74. The van der Waals surface area contributed by atoms with E-state index in [0.29, 0.717) is 26.6 Å². The first-order chi connectivity index (χ1) is 13.0. The first-order valence-corrected chi connectivity index (χ1v) is 12.5. The van der Waals surface area contributed by atoms with Crippen LogP contribution in [0.2, 0.25) is 10.0 Å². The highest BCUT2D eigenvalue weighted by molar-refractivity contribution is 8.21. The molecule has 3 aliphatic heterocycles. The first-order valence-electron chi connectivity index (χ1n) is 9.78. The minimum Gasteiger partial charge on any atom is -0.338 e. The molecule has 0 radical (unpaired) electrons. The van der Waals surface area contributed by atoms with Gasteiger partial charge in [-0.3, -0.25) is 4.79 Å². The minimum absolute atomic E-state index is 0.223. The Hall–Kier alpha value is -0.0700.